The third kappa shape index (κ3) is 3.77. The minimum Gasteiger partial charge on any atom is -0.383 e. The lowest BCUT2D eigenvalue weighted by Gasteiger charge is -2.50. The average Bonchev–Trinajstić information content (AvgIpc) is 2.66. The molecule has 0 radical (unpaired) electrons. The van der Waals surface area contributed by atoms with Crippen LogP contribution >= 0.6 is 0 Å². The molecular weight excluding hydrogens is 354 g/mol. The molecular formula is C18H27N3O4S. The predicted octanol–water partition coefficient (Wildman–Crippen LogP) is 1.31. The van der Waals surface area contributed by atoms with Gasteiger partial charge in [0.1, 0.15) is 0 Å². The molecule has 2 aliphatic rings. The first-order chi connectivity index (χ1) is 12.5. The van der Waals surface area contributed by atoms with Crippen LogP contribution < -0.4 is 5.32 Å². The molecule has 1 amide bonds. The van der Waals surface area contributed by atoms with Gasteiger partial charge in [-0.05, 0) is 31.4 Å². The summed E-state index contributed by atoms with van der Waals surface area (Å²) in [4.78, 5) is 17.4. The number of pyridine rings is 1. The molecule has 0 aromatic carbocycles. The third-order valence-electron chi connectivity index (χ3n) is 5.62. The Balaban J connectivity index is 1.80. The Bertz CT molecular complexity index is 725. The van der Waals surface area contributed by atoms with E-state index in [4.69, 9.17) is 4.74 Å². The van der Waals surface area contributed by atoms with Crippen molar-refractivity contribution in [3.8, 4) is 0 Å². The second-order valence-electron chi connectivity index (χ2n) is 7.09. The first-order valence-corrected chi connectivity index (χ1v) is 10.8. The molecule has 1 saturated carbocycles. The van der Waals surface area contributed by atoms with E-state index in [1.165, 1.54) is 4.31 Å². The van der Waals surface area contributed by atoms with E-state index < -0.39 is 15.4 Å². The van der Waals surface area contributed by atoms with E-state index in [0.29, 0.717) is 26.1 Å². The monoisotopic (exact) mass is 381 g/mol. The van der Waals surface area contributed by atoms with Gasteiger partial charge in [-0.2, -0.15) is 4.31 Å². The van der Waals surface area contributed by atoms with Crippen LogP contribution in [0.25, 0.3) is 0 Å². The fourth-order valence-corrected chi connectivity index (χ4v) is 6.16. The number of hydrogen-bond donors (Lipinski definition) is 1. The summed E-state index contributed by atoms with van der Waals surface area (Å²) in [5.74, 6) is -0.0327. The standard InChI is InChI=1S/C18H27N3O4S/c1-25-12-11-21-16-7-2-4-8-18(16,9-13-26(21,23)24)17(22)20-14-15-6-3-5-10-19-15/h3,5-6,10,16H,2,4,7-9,11-14H2,1H3,(H,20,22)/t16-,18-/m1/s1. The summed E-state index contributed by atoms with van der Waals surface area (Å²) < 4.78 is 31.9. The number of hydrogen-bond acceptors (Lipinski definition) is 5. The van der Waals surface area contributed by atoms with Crippen LogP contribution in [0, 0.1) is 5.41 Å². The fourth-order valence-electron chi connectivity index (χ4n) is 4.26. The molecule has 8 heteroatoms. The van der Waals surface area contributed by atoms with E-state index in [1.807, 2.05) is 18.2 Å². The molecule has 26 heavy (non-hydrogen) atoms. The highest BCUT2D eigenvalue weighted by Gasteiger charge is 2.55. The largest absolute Gasteiger partial charge is 0.383 e. The lowest BCUT2D eigenvalue weighted by molar-refractivity contribution is -0.137. The van der Waals surface area contributed by atoms with E-state index in [9.17, 15) is 13.2 Å². The lowest BCUT2D eigenvalue weighted by atomic mass is 9.67. The Hall–Kier alpha value is -1.51. The third-order valence-corrected chi connectivity index (χ3v) is 7.50. The molecule has 1 aliphatic heterocycles. The Morgan fingerprint density at radius 3 is 2.96 bits per heavy atom. The van der Waals surface area contributed by atoms with E-state index >= 15 is 0 Å². The van der Waals surface area contributed by atoms with Crippen LogP contribution in [0.3, 0.4) is 0 Å². The maximum absolute atomic E-state index is 13.2. The van der Waals surface area contributed by atoms with Gasteiger partial charge in [0.2, 0.25) is 15.9 Å². The molecule has 3 rings (SSSR count). The molecule has 1 N–H and O–H groups in total. The van der Waals surface area contributed by atoms with Crippen molar-refractivity contribution in [3.05, 3.63) is 30.1 Å². The van der Waals surface area contributed by atoms with Crippen LogP contribution in [-0.2, 0) is 26.1 Å². The number of nitrogens with one attached hydrogen (secondary N) is 1. The SMILES string of the molecule is COCCN1[C@@H]2CCCC[C@@]2(C(=O)NCc2ccccn2)CCS1(=O)=O. The lowest BCUT2D eigenvalue weighted by Crippen LogP contribution is -2.63. The molecule has 2 fully saturated rings. The van der Waals surface area contributed by atoms with Gasteiger partial charge in [0.05, 0.1) is 30.0 Å². The number of amides is 1. The summed E-state index contributed by atoms with van der Waals surface area (Å²) in [6, 6.07) is 5.30. The van der Waals surface area contributed by atoms with E-state index in [2.05, 4.69) is 10.3 Å². The highest BCUT2D eigenvalue weighted by atomic mass is 32.2. The van der Waals surface area contributed by atoms with Crippen LogP contribution in [0.4, 0.5) is 0 Å². The summed E-state index contributed by atoms with van der Waals surface area (Å²) in [5, 5.41) is 3.01. The van der Waals surface area contributed by atoms with Crippen LogP contribution in [0.5, 0.6) is 0 Å². The number of ether oxygens (including phenoxy) is 1. The molecule has 1 aliphatic carbocycles. The minimum atomic E-state index is -3.34. The van der Waals surface area contributed by atoms with Crippen molar-refractivity contribution >= 4 is 15.9 Å². The van der Waals surface area contributed by atoms with Crippen molar-refractivity contribution in [1.82, 2.24) is 14.6 Å². The predicted molar refractivity (Wildman–Crippen MR) is 97.8 cm³/mol. The van der Waals surface area contributed by atoms with Crippen LogP contribution in [0.1, 0.15) is 37.8 Å². The maximum Gasteiger partial charge on any atom is 0.228 e. The average molecular weight is 381 g/mol. The van der Waals surface area contributed by atoms with Gasteiger partial charge in [-0.1, -0.05) is 18.9 Å². The minimum absolute atomic E-state index is 0.0181. The van der Waals surface area contributed by atoms with Crippen molar-refractivity contribution in [1.29, 1.82) is 0 Å². The van der Waals surface area contributed by atoms with Crippen molar-refractivity contribution in [2.75, 3.05) is 26.0 Å². The van der Waals surface area contributed by atoms with Crippen LogP contribution in [-0.4, -0.2) is 55.7 Å². The van der Waals surface area contributed by atoms with Crippen molar-refractivity contribution < 1.29 is 17.9 Å². The molecule has 1 aromatic rings. The number of methoxy groups -OCH3 is 1. The van der Waals surface area contributed by atoms with Gasteiger partial charge in [-0.25, -0.2) is 8.42 Å². The zero-order valence-corrected chi connectivity index (χ0v) is 16.0. The van der Waals surface area contributed by atoms with Gasteiger partial charge in [0.15, 0.2) is 0 Å². The van der Waals surface area contributed by atoms with E-state index in [0.717, 1.165) is 31.4 Å². The second kappa shape index (κ2) is 8.02. The summed E-state index contributed by atoms with van der Waals surface area (Å²) in [6.45, 7) is 0.999. The van der Waals surface area contributed by atoms with Gasteiger partial charge in [-0.15, -0.1) is 0 Å². The van der Waals surface area contributed by atoms with Crippen molar-refractivity contribution in [2.24, 2.45) is 5.41 Å². The Labute approximate surface area is 155 Å². The van der Waals surface area contributed by atoms with E-state index in [-0.39, 0.29) is 17.7 Å². The molecule has 2 heterocycles. The maximum atomic E-state index is 13.2. The molecule has 0 bridgehead atoms. The number of carbonyl (C=O) groups is 1. The van der Waals surface area contributed by atoms with E-state index in [1.54, 1.807) is 13.3 Å². The topological polar surface area (TPSA) is 88.6 Å². The molecule has 0 unspecified atom stereocenters. The Morgan fingerprint density at radius 2 is 2.23 bits per heavy atom. The van der Waals surface area contributed by atoms with Crippen LogP contribution in [0.15, 0.2) is 24.4 Å². The van der Waals surface area contributed by atoms with Crippen LogP contribution in [0.2, 0.25) is 0 Å². The highest BCUT2D eigenvalue weighted by molar-refractivity contribution is 7.89. The number of aromatic nitrogens is 1. The smallest absolute Gasteiger partial charge is 0.228 e. The van der Waals surface area contributed by atoms with Gasteiger partial charge in [-0.3, -0.25) is 9.78 Å². The zero-order valence-electron chi connectivity index (χ0n) is 15.2. The van der Waals surface area contributed by atoms with Gasteiger partial charge in [0.25, 0.3) is 0 Å². The fraction of sp³-hybridized carbons (Fsp3) is 0.667. The number of fused-ring (bicyclic) bond motifs is 1. The summed E-state index contributed by atoms with van der Waals surface area (Å²) in [6.07, 6.45) is 5.43. The molecule has 2 atom stereocenters. The molecule has 7 nitrogen and oxygen atoms in total. The molecule has 144 valence electrons. The highest BCUT2D eigenvalue weighted by Crippen LogP contribution is 2.46. The first kappa shape index (κ1) is 19.3. The Kier molecular flexibility index (Phi) is 5.94. The van der Waals surface area contributed by atoms with Gasteiger partial charge in [0, 0.05) is 25.9 Å². The zero-order chi connectivity index (χ0) is 18.6. The quantitative estimate of drug-likeness (QED) is 0.803. The summed E-state index contributed by atoms with van der Waals surface area (Å²) >= 11 is 0. The molecule has 0 spiro atoms. The summed E-state index contributed by atoms with van der Waals surface area (Å²) in [5.41, 5.74) is 0.149. The number of carbonyl (C=O) groups excluding carboxylic acids is 1. The number of rotatable bonds is 6. The van der Waals surface area contributed by atoms with Gasteiger partial charge >= 0.3 is 0 Å². The first-order valence-electron chi connectivity index (χ1n) is 9.16. The Morgan fingerprint density at radius 1 is 1.38 bits per heavy atom. The van der Waals surface area contributed by atoms with Crippen molar-refractivity contribution in [2.45, 2.75) is 44.7 Å². The second-order valence-corrected chi connectivity index (χ2v) is 9.13. The molecule has 1 aromatic heterocycles. The van der Waals surface area contributed by atoms with Gasteiger partial charge < -0.3 is 10.1 Å². The summed E-state index contributed by atoms with van der Waals surface area (Å²) in [7, 11) is -1.78. The number of nitrogens with zero attached hydrogens (tertiary/aromatic N) is 2. The number of sulfonamides is 1. The van der Waals surface area contributed by atoms with Crippen molar-refractivity contribution in [3.63, 3.8) is 0 Å². The normalized spacial score (nSPS) is 28.3. The molecule has 1 saturated heterocycles.